The zero-order valence-electron chi connectivity index (χ0n) is 12.0. The summed E-state index contributed by atoms with van der Waals surface area (Å²) in [7, 11) is 1.65. The number of hydrogen-bond acceptors (Lipinski definition) is 5. The quantitative estimate of drug-likeness (QED) is 0.941. The number of nitrogens with one attached hydrogen (secondary N) is 1. The van der Waals surface area contributed by atoms with Gasteiger partial charge in [-0.3, -0.25) is 0 Å². The lowest BCUT2D eigenvalue weighted by Gasteiger charge is -2.20. The Morgan fingerprint density at radius 1 is 1.33 bits per heavy atom. The van der Waals surface area contributed by atoms with Crippen molar-refractivity contribution in [2.75, 3.05) is 20.2 Å². The molecule has 1 fully saturated rings. The van der Waals surface area contributed by atoms with Crippen LogP contribution in [0.3, 0.4) is 0 Å². The highest BCUT2D eigenvalue weighted by Gasteiger charge is 2.17. The molecule has 0 unspecified atom stereocenters. The van der Waals surface area contributed by atoms with E-state index in [1.807, 2.05) is 24.3 Å². The van der Waals surface area contributed by atoms with Crippen LogP contribution in [0.4, 0.5) is 0 Å². The molecule has 0 saturated carbocycles. The summed E-state index contributed by atoms with van der Waals surface area (Å²) in [5.41, 5.74) is 0.921. The number of piperidine rings is 1. The van der Waals surface area contributed by atoms with Gasteiger partial charge in [-0.15, -0.1) is 12.4 Å². The fraction of sp³-hybridized carbons (Fsp3) is 0.467. The third-order valence-electron chi connectivity index (χ3n) is 3.72. The lowest BCUT2D eigenvalue weighted by atomic mass is 9.95. The highest BCUT2D eigenvalue weighted by atomic mass is 35.5. The molecule has 1 aliphatic heterocycles. The first kappa shape index (κ1) is 15.8. The van der Waals surface area contributed by atoms with Crippen molar-refractivity contribution in [3.8, 4) is 17.1 Å². The normalized spacial score (nSPS) is 15.5. The maximum Gasteiger partial charge on any atom is 0.227 e. The summed E-state index contributed by atoms with van der Waals surface area (Å²) in [6.07, 6.45) is 3.23. The molecule has 6 heteroatoms. The Kier molecular flexibility index (Phi) is 5.59. The van der Waals surface area contributed by atoms with Crippen LogP contribution in [-0.2, 0) is 6.42 Å². The molecule has 2 aromatic rings. The summed E-state index contributed by atoms with van der Waals surface area (Å²) in [5.74, 6) is 2.81. The van der Waals surface area contributed by atoms with Crippen molar-refractivity contribution in [2.24, 2.45) is 5.92 Å². The number of aromatic nitrogens is 2. The van der Waals surface area contributed by atoms with Gasteiger partial charge in [-0.2, -0.15) is 4.98 Å². The second-order valence-electron chi connectivity index (χ2n) is 5.14. The van der Waals surface area contributed by atoms with E-state index in [0.717, 1.165) is 36.7 Å². The predicted molar refractivity (Wildman–Crippen MR) is 82.8 cm³/mol. The number of halogens is 1. The van der Waals surface area contributed by atoms with E-state index in [1.165, 1.54) is 12.8 Å². The Labute approximate surface area is 130 Å². The minimum atomic E-state index is 0. The zero-order chi connectivity index (χ0) is 13.8. The number of benzene rings is 1. The lowest BCUT2D eigenvalue weighted by molar-refractivity contribution is 0.313. The van der Waals surface area contributed by atoms with Gasteiger partial charge < -0.3 is 14.6 Å². The Morgan fingerprint density at radius 2 is 2.14 bits per heavy atom. The first-order valence-corrected chi connectivity index (χ1v) is 7.03. The molecule has 2 heterocycles. The summed E-state index contributed by atoms with van der Waals surface area (Å²) in [6, 6.07) is 7.71. The van der Waals surface area contributed by atoms with Gasteiger partial charge in [0.25, 0.3) is 0 Å². The Balaban J connectivity index is 0.00000161. The van der Waals surface area contributed by atoms with Gasteiger partial charge in [0, 0.05) is 12.0 Å². The van der Waals surface area contributed by atoms with E-state index < -0.39 is 0 Å². The van der Waals surface area contributed by atoms with Crippen molar-refractivity contribution < 1.29 is 9.26 Å². The molecule has 114 valence electrons. The molecule has 1 saturated heterocycles. The molecule has 0 radical (unpaired) electrons. The minimum absolute atomic E-state index is 0. The molecule has 21 heavy (non-hydrogen) atoms. The van der Waals surface area contributed by atoms with Crippen LogP contribution in [0.1, 0.15) is 18.7 Å². The molecule has 0 spiro atoms. The minimum Gasteiger partial charge on any atom is -0.497 e. The van der Waals surface area contributed by atoms with Crippen molar-refractivity contribution in [2.45, 2.75) is 19.3 Å². The van der Waals surface area contributed by atoms with Crippen LogP contribution in [-0.4, -0.2) is 30.3 Å². The maximum atomic E-state index is 5.37. The monoisotopic (exact) mass is 309 g/mol. The van der Waals surface area contributed by atoms with Gasteiger partial charge in [0.05, 0.1) is 7.11 Å². The van der Waals surface area contributed by atoms with Crippen LogP contribution in [0.15, 0.2) is 28.8 Å². The summed E-state index contributed by atoms with van der Waals surface area (Å²) < 4.78 is 10.6. The summed E-state index contributed by atoms with van der Waals surface area (Å²) in [5, 5.41) is 7.43. The molecule has 3 rings (SSSR count). The van der Waals surface area contributed by atoms with E-state index >= 15 is 0 Å². The Hall–Kier alpha value is -1.59. The number of ether oxygens (including phenoxy) is 1. The van der Waals surface area contributed by atoms with Gasteiger partial charge >= 0.3 is 0 Å². The molecule has 0 amide bonds. The first-order chi connectivity index (χ1) is 9.85. The van der Waals surface area contributed by atoms with Crippen LogP contribution < -0.4 is 10.1 Å². The largest absolute Gasteiger partial charge is 0.497 e. The van der Waals surface area contributed by atoms with Gasteiger partial charge in [0.15, 0.2) is 0 Å². The topological polar surface area (TPSA) is 60.2 Å². The fourth-order valence-electron chi connectivity index (χ4n) is 2.55. The summed E-state index contributed by atoms with van der Waals surface area (Å²) in [4.78, 5) is 4.50. The van der Waals surface area contributed by atoms with Crippen LogP contribution in [0.25, 0.3) is 11.4 Å². The van der Waals surface area contributed by atoms with Crippen LogP contribution >= 0.6 is 12.4 Å². The van der Waals surface area contributed by atoms with E-state index in [9.17, 15) is 0 Å². The summed E-state index contributed by atoms with van der Waals surface area (Å²) in [6.45, 7) is 2.17. The van der Waals surface area contributed by atoms with E-state index in [0.29, 0.717) is 11.7 Å². The van der Waals surface area contributed by atoms with Crippen molar-refractivity contribution in [3.63, 3.8) is 0 Å². The second kappa shape index (κ2) is 7.43. The van der Waals surface area contributed by atoms with Crippen molar-refractivity contribution in [1.82, 2.24) is 15.5 Å². The molecule has 1 aromatic carbocycles. The van der Waals surface area contributed by atoms with Gasteiger partial charge in [-0.1, -0.05) is 17.3 Å². The Bertz CT molecular complexity index is 568. The molecular weight excluding hydrogens is 290 g/mol. The third kappa shape index (κ3) is 3.95. The maximum absolute atomic E-state index is 5.37. The second-order valence-corrected chi connectivity index (χ2v) is 5.14. The number of rotatable bonds is 4. The van der Waals surface area contributed by atoms with Gasteiger partial charge in [0.2, 0.25) is 11.7 Å². The van der Waals surface area contributed by atoms with Gasteiger partial charge in [-0.25, -0.2) is 0 Å². The number of methoxy groups -OCH3 is 1. The number of nitrogens with zero attached hydrogens (tertiary/aromatic N) is 2. The van der Waals surface area contributed by atoms with Crippen molar-refractivity contribution in [1.29, 1.82) is 0 Å². The molecule has 1 N–H and O–H groups in total. The highest BCUT2D eigenvalue weighted by molar-refractivity contribution is 5.85. The number of hydrogen-bond donors (Lipinski definition) is 1. The average Bonchev–Trinajstić information content (AvgIpc) is 2.97. The fourth-order valence-corrected chi connectivity index (χ4v) is 2.55. The molecule has 1 aromatic heterocycles. The van der Waals surface area contributed by atoms with Crippen LogP contribution in [0, 0.1) is 5.92 Å². The van der Waals surface area contributed by atoms with Crippen molar-refractivity contribution >= 4 is 12.4 Å². The van der Waals surface area contributed by atoms with Gasteiger partial charge in [-0.05, 0) is 44.0 Å². The van der Waals surface area contributed by atoms with Crippen molar-refractivity contribution in [3.05, 3.63) is 30.2 Å². The van der Waals surface area contributed by atoms with E-state index in [4.69, 9.17) is 9.26 Å². The smallest absolute Gasteiger partial charge is 0.227 e. The summed E-state index contributed by atoms with van der Waals surface area (Å²) >= 11 is 0. The molecule has 0 atom stereocenters. The predicted octanol–water partition coefficient (Wildman–Crippen LogP) is 2.71. The molecule has 0 aliphatic carbocycles. The molecule has 5 nitrogen and oxygen atoms in total. The molecular formula is C15H20ClN3O2. The third-order valence-corrected chi connectivity index (χ3v) is 3.72. The first-order valence-electron chi connectivity index (χ1n) is 7.03. The van der Waals surface area contributed by atoms with Gasteiger partial charge in [0.1, 0.15) is 5.75 Å². The van der Waals surface area contributed by atoms with E-state index in [1.54, 1.807) is 7.11 Å². The SMILES string of the molecule is COc1cccc(-c2noc(CC3CCNCC3)n2)c1.Cl. The molecule has 0 bridgehead atoms. The van der Waals surface area contributed by atoms with Crippen LogP contribution in [0.2, 0.25) is 0 Å². The standard InChI is InChI=1S/C15H19N3O2.ClH/c1-19-13-4-2-3-12(10-13)15-17-14(20-18-15)9-11-5-7-16-8-6-11;/h2-4,10-11,16H,5-9H2,1H3;1H. The van der Waals surface area contributed by atoms with E-state index in [-0.39, 0.29) is 12.4 Å². The van der Waals surface area contributed by atoms with Crippen LogP contribution in [0.5, 0.6) is 5.75 Å². The average molecular weight is 310 g/mol. The van der Waals surface area contributed by atoms with E-state index in [2.05, 4.69) is 15.5 Å². The zero-order valence-corrected chi connectivity index (χ0v) is 12.9. The lowest BCUT2D eigenvalue weighted by Crippen LogP contribution is -2.28. The Morgan fingerprint density at radius 3 is 2.90 bits per heavy atom. The molecule has 1 aliphatic rings. The highest BCUT2D eigenvalue weighted by Crippen LogP contribution is 2.23.